The van der Waals surface area contributed by atoms with Gasteiger partial charge in [-0.1, -0.05) is 181 Å². The highest BCUT2D eigenvalue weighted by atomic mass is 19.2. The van der Waals surface area contributed by atoms with Crippen LogP contribution in [0.5, 0.6) is 0 Å². The molecule has 4 atom stereocenters. The van der Waals surface area contributed by atoms with E-state index in [-0.39, 0.29) is 5.41 Å². The molecule has 1 nitrogen and oxygen atoms in total. The SMILES string of the molecule is CCCCCC1(C#N)C=CC=CC1CCCCCC1CCCCC1.FC1C=CC=C(c2ccccc2)C1(F)c1ccccc1. The molecule has 2 aromatic rings. The van der Waals surface area contributed by atoms with Crippen LogP contribution in [0, 0.1) is 28.6 Å². The summed E-state index contributed by atoms with van der Waals surface area (Å²) < 4.78 is 29.9. The van der Waals surface area contributed by atoms with Crippen molar-refractivity contribution in [2.24, 2.45) is 17.3 Å². The molecule has 0 N–H and O–H groups in total. The predicted octanol–water partition coefficient (Wildman–Crippen LogP) is 12.2. The first-order valence-corrected chi connectivity index (χ1v) is 17.1. The Bertz CT molecular complexity index is 1280. The zero-order chi connectivity index (χ0) is 31.1. The van der Waals surface area contributed by atoms with Crippen molar-refractivity contribution in [2.75, 3.05) is 0 Å². The van der Waals surface area contributed by atoms with E-state index < -0.39 is 11.8 Å². The Morgan fingerprint density at radius 2 is 1.50 bits per heavy atom. The van der Waals surface area contributed by atoms with Gasteiger partial charge in [-0.3, -0.25) is 0 Å². The number of rotatable bonds is 12. The van der Waals surface area contributed by atoms with Crippen molar-refractivity contribution in [3.8, 4) is 6.07 Å². The fourth-order valence-electron chi connectivity index (χ4n) is 7.21. The lowest BCUT2D eigenvalue weighted by Gasteiger charge is -2.33. The molecule has 0 saturated heterocycles. The highest BCUT2D eigenvalue weighted by Gasteiger charge is 2.45. The number of nitrogens with zero attached hydrogens (tertiary/aromatic N) is 1. The lowest BCUT2D eigenvalue weighted by molar-refractivity contribution is 0.135. The minimum absolute atomic E-state index is 0.229. The van der Waals surface area contributed by atoms with Crippen molar-refractivity contribution in [1.82, 2.24) is 0 Å². The largest absolute Gasteiger partial charge is 0.239 e. The molecule has 1 fully saturated rings. The maximum Gasteiger partial charge on any atom is 0.196 e. The fraction of sp³-hybridized carbons (Fsp3) is 0.488. The summed E-state index contributed by atoms with van der Waals surface area (Å²) in [6, 6.07) is 20.3. The monoisotopic (exact) mass is 595 g/mol. The Kier molecular flexibility index (Phi) is 13.2. The lowest BCUT2D eigenvalue weighted by atomic mass is 9.69. The molecule has 0 heterocycles. The van der Waals surface area contributed by atoms with E-state index in [2.05, 4.69) is 37.3 Å². The Morgan fingerprint density at radius 1 is 0.795 bits per heavy atom. The molecule has 234 valence electrons. The summed E-state index contributed by atoms with van der Waals surface area (Å²) in [7, 11) is 0. The molecule has 0 spiro atoms. The average molecular weight is 596 g/mol. The number of allylic oxidation sites excluding steroid dienone is 8. The Balaban J connectivity index is 0.000000204. The molecule has 0 aliphatic heterocycles. The molecule has 4 unspecified atom stereocenters. The van der Waals surface area contributed by atoms with Crippen LogP contribution < -0.4 is 0 Å². The van der Waals surface area contributed by atoms with Crippen LogP contribution >= 0.6 is 0 Å². The minimum atomic E-state index is -2.14. The molecule has 1 saturated carbocycles. The fourth-order valence-corrected chi connectivity index (χ4v) is 7.21. The molecular formula is C41H51F2N. The van der Waals surface area contributed by atoms with Gasteiger partial charge in [-0.05, 0) is 41.9 Å². The van der Waals surface area contributed by atoms with E-state index in [1.165, 1.54) is 89.5 Å². The van der Waals surface area contributed by atoms with Gasteiger partial charge in [-0.15, -0.1) is 0 Å². The minimum Gasteiger partial charge on any atom is -0.239 e. The van der Waals surface area contributed by atoms with Crippen molar-refractivity contribution < 1.29 is 8.78 Å². The van der Waals surface area contributed by atoms with Crippen LogP contribution in [0.15, 0.2) is 103 Å². The highest BCUT2D eigenvalue weighted by Crippen LogP contribution is 2.46. The lowest BCUT2D eigenvalue weighted by Crippen LogP contribution is -2.34. The number of nitriles is 1. The summed E-state index contributed by atoms with van der Waals surface area (Å²) in [4.78, 5) is 0. The maximum atomic E-state index is 15.6. The van der Waals surface area contributed by atoms with Gasteiger partial charge >= 0.3 is 0 Å². The van der Waals surface area contributed by atoms with Gasteiger partial charge in [0, 0.05) is 5.57 Å². The molecule has 5 rings (SSSR count). The molecule has 3 aliphatic rings. The van der Waals surface area contributed by atoms with Gasteiger partial charge in [0.2, 0.25) is 0 Å². The van der Waals surface area contributed by atoms with Crippen LogP contribution in [0.1, 0.15) is 108 Å². The smallest absolute Gasteiger partial charge is 0.196 e. The molecule has 0 aromatic heterocycles. The van der Waals surface area contributed by atoms with Crippen LogP contribution in [-0.4, -0.2) is 6.17 Å². The molecule has 3 heteroatoms. The first-order valence-electron chi connectivity index (χ1n) is 17.1. The van der Waals surface area contributed by atoms with Crippen molar-refractivity contribution in [1.29, 1.82) is 5.26 Å². The van der Waals surface area contributed by atoms with E-state index in [1.807, 2.05) is 18.2 Å². The average Bonchev–Trinajstić information content (AvgIpc) is 3.08. The Morgan fingerprint density at radius 3 is 2.20 bits per heavy atom. The van der Waals surface area contributed by atoms with Gasteiger partial charge in [0.25, 0.3) is 0 Å². The first kappa shape index (κ1) is 33.6. The van der Waals surface area contributed by atoms with Crippen molar-refractivity contribution in [2.45, 2.75) is 109 Å². The summed E-state index contributed by atoms with van der Waals surface area (Å²) >= 11 is 0. The van der Waals surface area contributed by atoms with E-state index in [0.717, 1.165) is 12.3 Å². The summed E-state index contributed by atoms with van der Waals surface area (Å²) in [5, 5.41) is 9.85. The first-order chi connectivity index (χ1) is 21.5. The molecule has 2 aromatic carbocycles. The Hall–Kier alpha value is -3.25. The predicted molar refractivity (Wildman–Crippen MR) is 181 cm³/mol. The third kappa shape index (κ3) is 8.68. The van der Waals surface area contributed by atoms with Crippen LogP contribution in [0.3, 0.4) is 0 Å². The molecule has 0 amide bonds. The van der Waals surface area contributed by atoms with Crippen LogP contribution in [0.2, 0.25) is 0 Å². The molecule has 0 bridgehead atoms. The second kappa shape index (κ2) is 17.3. The van der Waals surface area contributed by atoms with Gasteiger partial charge in [-0.25, -0.2) is 8.78 Å². The number of alkyl halides is 2. The highest BCUT2D eigenvalue weighted by molar-refractivity contribution is 5.77. The zero-order valence-corrected chi connectivity index (χ0v) is 26.6. The topological polar surface area (TPSA) is 23.8 Å². The van der Waals surface area contributed by atoms with Crippen molar-refractivity contribution in [3.05, 3.63) is 114 Å². The summed E-state index contributed by atoms with van der Waals surface area (Å²) in [6.45, 7) is 2.24. The third-order valence-electron chi connectivity index (χ3n) is 9.86. The summed E-state index contributed by atoms with van der Waals surface area (Å²) in [5.74, 6) is 1.45. The summed E-state index contributed by atoms with van der Waals surface area (Å²) in [6.07, 6.45) is 30.2. The maximum absolute atomic E-state index is 15.6. The van der Waals surface area contributed by atoms with Gasteiger partial charge in [0.05, 0.1) is 11.5 Å². The van der Waals surface area contributed by atoms with E-state index in [9.17, 15) is 9.65 Å². The standard InChI is InChI=1S/C23H37N.C18H14F2/c1-2-3-11-18-23(20-24)19-12-10-17-22(23)16-9-5-8-15-21-13-6-4-7-14-21;19-17-13-7-12-16(14-8-3-1-4-9-14)18(17,20)15-10-5-2-6-11-15/h10,12,17,19,21-22H,2-9,11,13-16,18H2,1H3;1-13,17H. The van der Waals surface area contributed by atoms with Gasteiger partial charge in [-0.2, -0.15) is 5.26 Å². The van der Waals surface area contributed by atoms with Gasteiger partial charge in [0.15, 0.2) is 11.8 Å². The van der Waals surface area contributed by atoms with E-state index in [0.29, 0.717) is 22.6 Å². The zero-order valence-electron chi connectivity index (χ0n) is 26.6. The van der Waals surface area contributed by atoms with E-state index >= 15 is 4.39 Å². The second-order valence-corrected chi connectivity index (χ2v) is 12.9. The molecule has 44 heavy (non-hydrogen) atoms. The van der Waals surface area contributed by atoms with Crippen molar-refractivity contribution in [3.63, 3.8) is 0 Å². The third-order valence-corrected chi connectivity index (χ3v) is 9.86. The van der Waals surface area contributed by atoms with Crippen molar-refractivity contribution >= 4 is 5.57 Å². The number of hydrogen-bond donors (Lipinski definition) is 0. The van der Waals surface area contributed by atoms with Gasteiger partial charge in [0.1, 0.15) is 0 Å². The van der Waals surface area contributed by atoms with E-state index in [4.69, 9.17) is 0 Å². The van der Waals surface area contributed by atoms with E-state index in [1.54, 1.807) is 54.6 Å². The summed E-state index contributed by atoms with van der Waals surface area (Å²) in [5.41, 5.74) is -0.970. The van der Waals surface area contributed by atoms with Crippen LogP contribution in [0.25, 0.3) is 5.57 Å². The normalized spacial score (nSPS) is 26.4. The van der Waals surface area contributed by atoms with Gasteiger partial charge < -0.3 is 0 Å². The van der Waals surface area contributed by atoms with Crippen LogP contribution in [-0.2, 0) is 5.67 Å². The number of unbranched alkanes of at least 4 members (excludes halogenated alkanes) is 4. The number of hydrogen-bond acceptors (Lipinski definition) is 1. The molecular weight excluding hydrogens is 544 g/mol. The molecule has 0 radical (unpaired) electrons. The quantitative estimate of drug-likeness (QED) is 0.224. The number of benzene rings is 2. The number of halogens is 2. The van der Waals surface area contributed by atoms with Crippen LogP contribution in [0.4, 0.5) is 8.78 Å². The molecule has 3 aliphatic carbocycles. The second-order valence-electron chi connectivity index (χ2n) is 12.9. The Labute approximate surface area is 265 Å².